The minimum Gasteiger partial charge on any atom is -0.354 e. The number of nitrogens with one attached hydrogen (secondary N) is 2. The van der Waals surface area contributed by atoms with Crippen molar-refractivity contribution in [1.82, 2.24) is 15.6 Å². The summed E-state index contributed by atoms with van der Waals surface area (Å²) >= 11 is 5.79. The van der Waals surface area contributed by atoms with E-state index in [2.05, 4.69) is 15.6 Å². The third-order valence-corrected chi connectivity index (χ3v) is 2.60. The van der Waals surface area contributed by atoms with Crippen LogP contribution in [0, 0.1) is 0 Å². The van der Waals surface area contributed by atoms with E-state index in [1.54, 1.807) is 19.1 Å². The Morgan fingerprint density at radius 2 is 2.22 bits per heavy atom. The molecule has 6 heteroatoms. The molecule has 0 aliphatic heterocycles. The van der Waals surface area contributed by atoms with Gasteiger partial charge in [-0.15, -0.1) is 0 Å². The van der Waals surface area contributed by atoms with Crippen LogP contribution in [0.5, 0.6) is 0 Å². The van der Waals surface area contributed by atoms with E-state index < -0.39 is 11.9 Å². The Hall–Kier alpha value is -1.62. The molecule has 0 spiro atoms. The van der Waals surface area contributed by atoms with Crippen molar-refractivity contribution in [1.29, 1.82) is 0 Å². The molecule has 98 valence electrons. The molecule has 1 heterocycles. The molecular formula is C12H16ClN3O2. The minimum atomic E-state index is -0.611. The van der Waals surface area contributed by atoms with Gasteiger partial charge in [-0.3, -0.25) is 9.59 Å². The van der Waals surface area contributed by atoms with E-state index in [4.69, 9.17) is 11.6 Å². The van der Waals surface area contributed by atoms with Crippen LogP contribution in [0.1, 0.15) is 30.6 Å². The molecule has 0 aliphatic rings. The standard InChI is InChI=1S/C12H16ClN3O2/c1-3-6-15-11(17)8(2)16-12(18)9-5-4-7-14-10(9)13/h4-5,7-8H,3,6H2,1-2H3,(H,15,17)(H,16,18). The van der Waals surface area contributed by atoms with Crippen LogP contribution in [-0.2, 0) is 4.79 Å². The molecule has 0 saturated heterocycles. The number of nitrogens with zero attached hydrogens (tertiary/aromatic N) is 1. The predicted octanol–water partition coefficient (Wildman–Crippen LogP) is 1.38. The molecule has 2 N–H and O–H groups in total. The number of amides is 2. The van der Waals surface area contributed by atoms with Crippen LogP contribution in [0.15, 0.2) is 18.3 Å². The molecule has 1 unspecified atom stereocenters. The fourth-order valence-electron chi connectivity index (χ4n) is 1.30. The summed E-state index contributed by atoms with van der Waals surface area (Å²) in [6.45, 7) is 4.17. The Morgan fingerprint density at radius 1 is 1.50 bits per heavy atom. The monoisotopic (exact) mass is 269 g/mol. The molecular weight excluding hydrogens is 254 g/mol. The Labute approximate surface area is 111 Å². The van der Waals surface area contributed by atoms with Gasteiger partial charge in [-0.1, -0.05) is 18.5 Å². The molecule has 1 atom stereocenters. The number of halogens is 1. The van der Waals surface area contributed by atoms with E-state index >= 15 is 0 Å². The third-order valence-electron chi connectivity index (χ3n) is 2.29. The van der Waals surface area contributed by atoms with Crippen LogP contribution < -0.4 is 10.6 Å². The second-order valence-electron chi connectivity index (χ2n) is 3.83. The highest BCUT2D eigenvalue weighted by Crippen LogP contribution is 2.11. The van der Waals surface area contributed by atoms with E-state index in [1.165, 1.54) is 6.20 Å². The van der Waals surface area contributed by atoms with Crippen molar-refractivity contribution >= 4 is 23.4 Å². The lowest BCUT2D eigenvalue weighted by atomic mass is 10.2. The van der Waals surface area contributed by atoms with Gasteiger partial charge in [0.25, 0.3) is 5.91 Å². The number of carbonyl (C=O) groups is 2. The lowest BCUT2D eigenvalue weighted by Crippen LogP contribution is -2.45. The van der Waals surface area contributed by atoms with Gasteiger partial charge in [-0.25, -0.2) is 4.98 Å². The molecule has 0 fully saturated rings. The summed E-state index contributed by atoms with van der Waals surface area (Å²) in [7, 11) is 0. The van der Waals surface area contributed by atoms with Gasteiger partial charge in [0.05, 0.1) is 5.56 Å². The molecule has 2 amide bonds. The summed E-state index contributed by atoms with van der Waals surface area (Å²) in [6, 6.07) is 2.56. The SMILES string of the molecule is CCCNC(=O)C(C)NC(=O)c1cccnc1Cl. The molecule has 5 nitrogen and oxygen atoms in total. The predicted molar refractivity (Wildman–Crippen MR) is 69.5 cm³/mol. The Morgan fingerprint density at radius 3 is 2.83 bits per heavy atom. The Bertz CT molecular complexity index is 437. The zero-order chi connectivity index (χ0) is 13.5. The van der Waals surface area contributed by atoms with Gasteiger partial charge in [0.15, 0.2) is 0 Å². The van der Waals surface area contributed by atoms with Crippen LogP contribution in [0.4, 0.5) is 0 Å². The van der Waals surface area contributed by atoms with Crippen LogP contribution in [0.2, 0.25) is 5.15 Å². The molecule has 0 saturated carbocycles. The molecule has 1 rings (SSSR count). The van der Waals surface area contributed by atoms with Gasteiger partial charge < -0.3 is 10.6 Å². The first-order valence-corrected chi connectivity index (χ1v) is 6.13. The van der Waals surface area contributed by atoms with Crippen molar-refractivity contribution in [2.45, 2.75) is 26.3 Å². The molecule has 1 aromatic rings. The summed E-state index contributed by atoms with van der Waals surface area (Å²) in [5.41, 5.74) is 0.259. The number of hydrogen-bond donors (Lipinski definition) is 2. The largest absolute Gasteiger partial charge is 0.354 e. The van der Waals surface area contributed by atoms with Crippen molar-refractivity contribution < 1.29 is 9.59 Å². The highest BCUT2D eigenvalue weighted by molar-refractivity contribution is 6.32. The lowest BCUT2D eigenvalue weighted by molar-refractivity contribution is -0.122. The summed E-state index contributed by atoms with van der Waals surface area (Å²) < 4.78 is 0. The average molecular weight is 270 g/mol. The van der Waals surface area contributed by atoms with Crippen molar-refractivity contribution in [2.75, 3.05) is 6.54 Å². The first kappa shape index (κ1) is 14.4. The van der Waals surface area contributed by atoms with E-state index in [-0.39, 0.29) is 16.6 Å². The number of aromatic nitrogens is 1. The lowest BCUT2D eigenvalue weighted by Gasteiger charge is -2.14. The second-order valence-corrected chi connectivity index (χ2v) is 4.19. The van der Waals surface area contributed by atoms with Crippen LogP contribution in [0.3, 0.4) is 0 Å². The average Bonchev–Trinajstić information content (AvgIpc) is 2.36. The topological polar surface area (TPSA) is 71.1 Å². The minimum absolute atomic E-state index is 0.121. The fraction of sp³-hybridized carbons (Fsp3) is 0.417. The summed E-state index contributed by atoms with van der Waals surface area (Å²) in [6.07, 6.45) is 2.34. The molecule has 0 aromatic carbocycles. The maximum absolute atomic E-state index is 11.8. The summed E-state index contributed by atoms with van der Waals surface area (Å²) in [5, 5.41) is 5.39. The maximum atomic E-state index is 11.8. The zero-order valence-corrected chi connectivity index (χ0v) is 11.1. The highest BCUT2D eigenvalue weighted by atomic mass is 35.5. The number of pyridine rings is 1. The van der Waals surface area contributed by atoms with E-state index in [1.807, 2.05) is 6.92 Å². The van der Waals surface area contributed by atoms with E-state index in [0.29, 0.717) is 6.54 Å². The Kier molecular flexibility index (Phi) is 5.58. The van der Waals surface area contributed by atoms with Crippen LogP contribution in [-0.4, -0.2) is 29.4 Å². The first-order chi connectivity index (χ1) is 8.56. The van der Waals surface area contributed by atoms with Crippen molar-refractivity contribution in [2.24, 2.45) is 0 Å². The van der Waals surface area contributed by atoms with E-state index in [9.17, 15) is 9.59 Å². The second kappa shape index (κ2) is 6.96. The molecule has 0 aliphatic carbocycles. The van der Waals surface area contributed by atoms with Gasteiger partial charge >= 0.3 is 0 Å². The van der Waals surface area contributed by atoms with Crippen LogP contribution in [0.25, 0.3) is 0 Å². The molecule has 18 heavy (non-hydrogen) atoms. The van der Waals surface area contributed by atoms with Crippen molar-refractivity contribution in [3.8, 4) is 0 Å². The van der Waals surface area contributed by atoms with Crippen molar-refractivity contribution in [3.63, 3.8) is 0 Å². The van der Waals surface area contributed by atoms with Gasteiger partial charge in [0.2, 0.25) is 5.91 Å². The fourth-order valence-corrected chi connectivity index (χ4v) is 1.50. The first-order valence-electron chi connectivity index (χ1n) is 5.75. The number of carbonyl (C=O) groups excluding carboxylic acids is 2. The van der Waals surface area contributed by atoms with Gasteiger partial charge in [-0.2, -0.15) is 0 Å². The van der Waals surface area contributed by atoms with Crippen molar-refractivity contribution in [3.05, 3.63) is 29.0 Å². The molecule has 0 radical (unpaired) electrons. The maximum Gasteiger partial charge on any atom is 0.255 e. The Balaban J connectivity index is 2.60. The highest BCUT2D eigenvalue weighted by Gasteiger charge is 2.17. The summed E-state index contributed by atoms with van der Waals surface area (Å²) in [4.78, 5) is 27.2. The molecule has 1 aromatic heterocycles. The van der Waals surface area contributed by atoms with Gasteiger partial charge in [0, 0.05) is 12.7 Å². The number of hydrogen-bond acceptors (Lipinski definition) is 3. The van der Waals surface area contributed by atoms with Gasteiger partial charge in [-0.05, 0) is 25.5 Å². The van der Waals surface area contributed by atoms with Gasteiger partial charge in [0.1, 0.15) is 11.2 Å². The van der Waals surface area contributed by atoms with Crippen LogP contribution >= 0.6 is 11.6 Å². The normalized spacial score (nSPS) is 11.7. The molecule has 0 bridgehead atoms. The smallest absolute Gasteiger partial charge is 0.255 e. The third kappa shape index (κ3) is 4.00. The summed E-state index contributed by atoms with van der Waals surface area (Å²) in [5.74, 6) is -0.627. The quantitative estimate of drug-likeness (QED) is 0.794. The zero-order valence-electron chi connectivity index (χ0n) is 10.4. The van der Waals surface area contributed by atoms with E-state index in [0.717, 1.165) is 6.42 Å². The number of rotatable bonds is 5.